The van der Waals surface area contributed by atoms with Crippen LogP contribution in [0, 0.1) is 0 Å². The fourth-order valence-electron chi connectivity index (χ4n) is 1.64. The monoisotopic (exact) mass is 481 g/mol. The zero-order valence-electron chi connectivity index (χ0n) is 10.4. The fourth-order valence-corrected chi connectivity index (χ4v) is 4.44. The molecule has 1 aromatic carbocycles. The predicted molar refractivity (Wildman–Crippen MR) is 92.5 cm³/mol. The Morgan fingerprint density at radius 3 is 2.65 bits per heavy atom. The Balaban J connectivity index is 2.30. The Kier molecular flexibility index (Phi) is 5.65. The third kappa shape index (κ3) is 3.63. The van der Waals surface area contributed by atoms with Crippen molar-refractivity contribution in [1.82, 2.24) is 0 Å². The first-order chi connectivity index (χ1) is 9.52. The van der Waals surface area contributed by atoms with Gasteiger partial charge in [-0.2, -0.15) is 0 Å². The molecule has 0 bridgehead atoms. The lowest BCUT2D eigenvalue weighted by molar-refractivity contribution is 0.0601. The van der Waals surface area contributed by atoms with E-state index in [1.807, 2.05) is 17.5 Å². The number of hydrogen-bond acceptors (Lipinski definition) is 4. The number of carbonyl (C=O) groups excluding carboxylic acids is 1. The van der Waals surface area contributed by atoms with Crippen molar-refractivity contribution < 1.29 is 9.53 Å². The standard InChI is InChI=1S/C13H10Br3NO2S/c1-19-13(18)8-4-7(14)5-10(16)12(8)17-6-11-9(15)2-3-20-11/h2-5,17H,6H2,1H3. The third-order valence-corrected chi connectivity index (χ3v) is 5.59. The second-order valence-electron chi connectivity index (χ2n) is 3.85. The van der Waals surface area contributed by atoms with Gasteiger partial charge in [0.2, 0.25) is 0 Å². The SMILES string of the molecule is COC(=O)c1cc(Br)cc(Br)c1NCc1sccc1Br. The molecule has 0 aliphatic carbocycles. The molecule has 0 saturated carbocycles. The van der Waals surface area contributed by atoms with Crippen molar-refractivity contribution in [2.45, 2.75) is 6.54 Å². The van der Waals surface area contributed by atoms with Gasteiger partial charge in [-0.1, -0.05) is 15.9 Å². The van der Waals surface area contributed by atoms with Crippen molar-refractivity contribution in [2.75, 3.05) is 12.4 Å². The van der Waals surface area contributed by atoms with Gasteiger partial charge in [-0.3, -0.25) is 0 Å². The molecule has 0 aliphatic rings. The maximum absolute atomic E-state index is 11.9. The minimum absolute atomic E-state index is 0.375. The zero-order chi connectivity index (χ0) is 14.7. The number of ether oxygens (including phenoxy) is 1. The third-order valence-electron chi connectivity index (χ3n) is 2.58. The van der Waals surface area contributed by atoms with Crippen molar-refractivity contribution in [3.8, 4) is 0 Å². The van der Waals surface area contributed by atoms with Gasteiger partial charge in [0.1, 0.15) is 0 Å². The molecule has 7 heteroatoms. The van der Waals surface area contributed by atoms with Crippen molar-refractivity contribution in [1.29, 1.82) is 0 Å². The van der Waals surface area contributed by atoms with E-state index < -0.39 is 0 Å². The summed E-state index contributed by atoms with van der Waals surface area (Å²) in [6.45, 7) is 0.627. The summed E-state index contributed by atoms with van der Waals surface area (Å²) >= 11 is 12.0. The lowest BCUT2D eigenvalue weighted by atomic mass is 10.2. The van der Waals surface area contributed by atoms with E-state index in [0.29, 0.717) is 12.1 Å². The summed E-state index contributed by atoms with van der Waals surface area (Å²) in [4.78, 5) is 13.0. The number of anilines is 1. The second kappa shape index (κ2) is 7.06. The molecule has 1 N–H and O–H groups in total. The first-order valence-corrected chi connectivity index (χ1v) is 8.82. The van der Waals surface area contributed by atoms with Gasteiger partial charge in [0.25, 0.3) is 0 Å². The van der Waals surface area contributed by atoms with Crippen molar-refractivity contribution in [2.24, 2.45) is 0 Å². The largest absolute Gasteiger partial charge is 0.465 e. The molecule has 0 saturated heterocycles. The Morgan fingerprint density at radius 1 is 1.30 bits per heavy atom. The van der Waals surface area contributed by atoms with Crippen LogP contribution in [-0.4, -0.2) is 13.1 Å². The molecular formula is C13H10Br3NO2S. The number of carbonyl (C=O) groups is 1. The van der Waals surface area contributed by atoms with Crippen LogP contribution in [0.4, 0.5) is 5.69 Å². The van der Waals surface area contributed by atoms with Crippen LogP contribution in [0.25, 0.3) is 0 Å². The van der Waals surface area contributed by atoms with Gasteiger partial charge in [0.15, 0.2) is 0 Å². The van der Waals surface area contributed by atoms with E-state index in [1.165, 1.54) is 7.11 Å². The summed E-state index contributed by atoms with van der Waals surface area (Å²) in [6, 6.07) is 5.63. The molecule has 1 aromatic heterocycles. The number of nitrogens with one attached hydrogen (secondary N) is 1. The molecule has 0 unspecified atom stereocenters. The van der Waals surface area contributed by atoms with Crippen molar-refractivity contribution in [3.63, 3.8) is 0 Å². The minimum atomic E-state index is -0.375. The summed E-state index contributed by atoms with van der Waals surface area (Å²) in [5.41, 5.74) is 1.21. The predicted octanol–water partition coefficient (Wildman–Crippen LogP) is 5.43. The molecule has 0 radical (unpaired) electrons. The molecule has 3 nitrogen and oxygen atoms in total. The van der Waals surface area contributed by atoms with Gasteiger partial charge in [0.05, 0.1) is 24.9 Å². The van der Waals surface area contributed by atoms with Crippen LogP contribution in [0.1, 0.15) is 15.2 Å². The molecule has 0 amide bonds. The quantitative estimate of drug-likeness (QED) is 0.589. The molecule has 20 heavy (non-hydrogen) atoms. The van der Waals surface area contributed by atoms with Gasteiger partial charge < -0.3 is 10.1 Å². The van der Waals surface area contributed by atoms with E-state index in [4.69, 9.17) is 4.74 Å². The van der Waals surface area contributed by atoms with Crippen LogP contribution in [0.2, 0.25) is 0 Å². The molecular weight excluding hydrogens is 474 g/mol. The number of hydrogen-bond donors (Lipinski definition) is 1. The first kappa shape index (κ1) is 16.0. The summed E-state index contributed by atoms with van der Waals surface area (Å²) in [7, 11) is 1.37. The Hall–Kier alpha value is -0.370. The summed E-state index contributed by atoms with van der Waals surface area (Å²) in [5.74, 6) is -0.375. The zero-order valence-corrected chi connectivity index (χ0v) is 15.9. The lowest BCUT2D eigenvalue weighted by Gasteiger charge is -2.13. The lowest BCUT2D eigenvalue weighted by Crippen LogP contribution is -2.09. The summed E-state index contributed by atoms with van der Waals surface area (Å²) in [5, 5.41) is 5.29. The number of halogens is 3. The maximum Gasteiger partial charge on any atom is 0.340 e. The van der Waals surface area contributed by atoms with Crippen LogP contribution in [0.15, 0.2) is 37.0 Å². The van der Waals surface area contributed by atoms with Crippen LogP contribution in [0.5, 0.6) is 0 Å². The molecule has 1 heterocycles. The maximum atomic E-state index is 11.9. The highest BCUT2D eigenvalue weighted by molar-refractivity contribution is 9.11. The molecule has 0 spiro atoms. The number of rotatable bonds is 4. The van der Waals surface area contributed by atoms with E-state index in [-0.39, 0.29) is 5.97 Å². The Labute approximate surface area is 146 Å². The van der Waals surface area contributed by atoms with E-state index in [9.17, 15) is 4.79 Å². The average Bonchev–Trinajstić information content (AvgIpc) is 2.81. The molecule has 2 rings (SSSR count). The van der Waals surface area contributed by atoms with Gasteiger partial charge in [-0.05, 0) is 55.4 Å². The van der Waals surface area contributed by atoms with E-state index in [0.717, 1.165) is 24.0 Å². The molecule has 2 aromatic rings. The van der Waals surface area contributed by atoms with Crippen molar-refractivity contribution in [3.05, 3.63) is 47.4 Å². The van der Waals surface area contributed by atoms with Crippen LogP contribution < -0.4 is 5.32 Å². The molecule has 0 aliphatic heterocycles. The number of thiophene rings is 1. The first-order valence-electron chi connectivity index (χ1n) is 5.56. The molecule has 106 valence electrons. The summed E-state index contributed by atoms with van der Waals surface area (Å²) in [6.07, 6.45) is 0. The highest BCUT2D eigenvalue weighted by Crippen LogP contribution is 2.32. The number of methoxy groups -OCH3 is 1. The van der Waals surface area contributed by atoms with Crippen LogP contribution >= 0.6 is 59.1 Å². The number of benzene rings is 1. The second-order valence-corrected chi connectivity index (χ2v) is 7.47. The minimum Gasteiger partial charge on any atom is -0.465 e. The Bertz CT molecular complexity index is 643. The highest BCUT2D eigenvalue weighted by atomic mass is 79.9. The van der Waals surface area contributed by atoms with Gasteiger partial charge in [-0.25, -0.2) is 4.79 Å². The van der Waals surface area contributed by atoms with Crippen LogP contribution in [0.3, 0.4) is 0 Å². The van der Waals surface area contributed by atoms with Crippen molar-refractivity contribution >= 4 is 70.8 Å². The summed E-state index contributed by atoms with van der Waals surface area (Å²) < 4.78 is 7.50. The van der Waals surface area contributed by atoms with Crippen LogP contribution in [-0.2, 0) is 11.3 Å². The Morgan fingerprint density at radius 2 is 2.05 bits per heavy atom. The molecule has 0 fully saturated rings. The van der Waals surface area contributed by atoms with E-state index >= 15 is 0 Å². The molecule has 0 atom stereocenters. The number of esters is 1. The van der Waals surface area contributed by atoms with Gasteiger partial charge in [-0.15, -0.1) is 11.3 Å². The van der Waals surface area contributed by atoms with E-state index in [1.54, 1.807) is 17.4 Å². The fraction of sp³-hybridized carbons (Fsp3) is 0.154. The normalized spacial score (nSPS) is 10.4. The van der Waals surface area contributed by atoms with E-state index in [2.05, 4.69) is 53.1 Å². The van der Waals surface area contributed by atoms with Gasteiger partial charge in [0, 0.05) is 18.3 Å². The highest BCUT2D eigenvalue weighted by Gasteiger charge is 2.16. The topological polar surface area (TPSA) is 38.3 Å². The smallest absolute Gasteiger partial charge is 0.340 e. The van der Waals surface area contributed by atoms with Gasteiger partial charge >= 0.3 is 5.97 Å². The average molecular weight is 484 g/mol.